The molecule has 1 rings (SSSR count). The molecule has 0 bridgehead atoms. The van der Waals surface area contributed by atoms with Crippen molar-refractivity contribution >= 4 is 11.6 Å². The van der Waals surface area contributed by atoms with Crippen molar-refractivity contribution in [3.8, 4) is 0 Å². The molecule has 0 radical (unpaired) electrons. The highest BCUT2D eigenvalue weighted by molar-refractivity contribution is 5.94. The molecule has 1 amide bonds. The summed E-state index contributed by atoms with van der Waals surface area (Å²) in [6, 6.07) is 3.61. The molecule has 1 aromatic rings. The quantitative estimate of drug-likeness (QED) is 0.772. The Kier molecular flexibility index (Phi) is 3.42. The standard InChI is InChI=1S/C11H17N3O/c1-11(2,3)10(15)14-9-5-4-8(6-12)13-7-9/h4-5,7H,6,12H2,1-3H3,(H,14,15). The number of pyridine rings is 1. The molecule has 0 saturated heterocycles. The number of hydrogen-bond donors (Lipinski definition) is 2. The van der Waals surface area contributed by atoms with Crippen LogP contribution in [0.15, 0.2) is 18.3 Å². The van der Waals surface area contributed by atoms with E-state index in [1.165, 1.54) is 0 Å². The number of nitrogens with two attached hydrogens (primary N) is 1. The molecular formula is C11H17N3O. The predicted molar refractivity (Wildman–Crippen MR) is 60.2 cm³/mol. The maximum atomic E-state index is 11.6. The van der Waals surface area contributed by atoms with Gasteiger partial charge in [-0.05, 0) is 12.1 Å². The van der Waals surface area contributed by atoms with Crippen LogP contribution in [0.5, 0.6) is 0 Å². The second kappa shape index (κ2) is 4.40. The smallest absolute Gasteiger partial charge is 0.229 e. The van der Waals surface area contributed by atoms with E-state index in [1.807, 2.05) is 20.8 Å². The van der Waals surface area contributed by atoms with Crippen LogP contribution < -0.4 is 11.1 Å². The molecule has 0 saturated carbocycles. The van der Waals surface area contributed by atoms with Crippen LogP contribution in [0.25, 0.3) is 0 Å². The van der Waals surface area contributed by atoms with E-state index in [4.69, 9.17) is 5.73 Å². The molecule has 0 spiro atoms. The van der Waals surface area contributed by atoms with Gasteiger partial charge >= 0.3 is 0 Å². The molecule has 82 valence electrons. The molecule has 0 aromatic carbocycles. The number of nitrogens with one attached hydrogen (secondary N) is 1. The minimum absolute atomic E-state index is 0.0233. The number of rotatable bonds is 2. The Bertz CT molecular complexity index is 338. The van der Waals surface area contributed by atoms with Gasteiger partial charge in [0, 0.05) is 12.0 Å². The topological polar surface area (TPSA) is 68.0 Å². The minimum Gasteiger partial charge on any atom is -0.325 e. The van der Waals surface area contributed by atoms with Crippen molar-refractivity contribution < 1.29 is 4.79 Å². The summed E-state index contributed by atoms with van der Waals surface area (Å²) in [4.78, 5) is 15.7. The average Bonchev–Trinajstić information content (AvgIpc) is 2.17. The molecule has 0 fully saturated rings. The third kappa shape index (κ3) is 3.32. The van der Waals surface area contributed by atoms with E-state index in [-0.39, 0.29) is 5.91 Å². The van der Waals surface area contributed by atoms with Gasteiger partial charge in [-0.3, -0.25) is 9.78 Å². The Morgan fingerprint density at radius 1 is 1.47 bits per heavy atom. The zero-order chi connectivity index (χ0) is 11.5. The lowest BCUT2D eigenvalue weighted by Gasteiger charge is -2.17. The summed E-state index contributed by atoms with van der Waals surface area (Å²) in [5.74, 6) is -0.0233. The van der Waals surface area contributed by atoms with Gasteiger partial charge in [-0.1, -0.05) is 20.8 Å². The van der Waals surface area contributed by atoms with Crippen LogP contribution in [0.4, 0.5) is 5.69 Å². The highest BCUT2D eigenvalue weighted by Crippen LogP contribution is 2.16. The molecule has 15 heavy (non-hydrogen) atoms. The summed E-state index contributed by atoms with van der Waals surface area (Å²) in [6.07, 6.45) is 1.62. The van der Waals surface area contributed by atoms with Crippen LogP contribution >= 0.6 is 0 Å². The number of carbonyl (C=O) groups is 1. The van der Waals surface area contributed by atoms with Crippen molar-refractivity contribution in [2.24, 2.45) is 11.1 Å². The van der Waals surface area contributed by atoms with Gasteiger partial charge in [0.05, 0.1) is 17.6 Å². The summed E-state index contributed by atoms with van der Waals surface area (Å²) >= 11 is 0. The monoisotopic (exact) mass is 207 g/mol. The Labute approximate surface area is 89.9 Å². The molecule has 0 unspecified atom stereocenters. The summed E-state index contributed by atoms with van der Waals surface area (Å²) in [7, 11) is 0. The summed E-state index contributed by atoms with van der Waals surface area (Å²) < 4.78 is 0. The van der Waals surface area contributed by atoms with Gasteiger partial charge in [0.1, 0.15) is 0 Å². The lowest BCUT2D eigenvalue weighted by Crippen LogP contribution is -2.27. The van der Waals surface area contributed by atoms with E-state index in [0.717, 1.165) is 5.69 Å². The second-order valence-corrected chi connectivity index (χ2v) is 4.45. The molecule has 0 aliphatic carbocycles. The number of amides is 1. The molecule has 0 atom stereocenters. The van der Waals surface area contributed by atoms with Crippen LogP contribution in [0.2, 0.25) is 0 Å². The van der Waals surface area contributed by atoms with Crippen molar-refractivity contribution in [2.45, 2.75) is 27.3 Å². The van der Waals surface area contributed by atoms with Gasteiger partial charge in [0.25, 0.3) is 0 Å². The van der Waals surface area contributed by atoms with Crippen LogP contribution in [0, 0.1) is 5.41 Å². The van der Waals surface area contributed by atoms with Crippen LogP contribution in [-0.4, -0.2) is 10.9 Å². The third-order valence-corrected chi connectivity index (χ3v) is 1.97. The zero-order valence-electron chi connectivity index (χ0n) is 9.37. The highest BCUT2D eigenvalue weighted by atomic mass is 16.2. The fourth-order valence-electron chi connectivity index (χ4n) is 0.938. The first-order valence-electron chi connectivity index (χ1n) is 4.90. The Hall–Kier alpha value is -1.42. The van der Waals surface area contributed by atoms with Gasteiger partial charge in [-0.2, -0.15) is 0 Å². The Balaban J connectivity index is 2.70. The van der Waals surface area contributed by atoms with Gasteiger partial charge < -0.3 is 11.1 Å². The van der Waals surface area contributed by atoms with E-state index in [1.54, 1.807) is 18.3 Å². The summed E-state index contributed by atoms with van der Waals surface area (Å²) in [5.41, 5.74) is 6.53. The third-order valence-electron chi connectivity index (χ3n) is 1.97. The summed E-state index contributed by atoms with van der Waals surface area (Å²) in [5, 5.41) is 2.79. The van der Waals surface area contributed by atoms with E-state index < -0.39 is 5.41 Å². The first-order valence-corrected chi connectivity index (χ1v) is 4.90. The number of hydrogen-bond acceptors (Lipinski definition) is 3. The molecule has 1 heterocycles. The first kappa shape index (κ1) is 11.7. The average molecular weight is 207 g/mol. The van der Waals surface area contributed by atoms with Gasteiger partial charge in [-0.15, -0.1) is 0 Å². The van der Waals surface area contributed by atoms with Crippen molar-refractivity contribution in [1.82, 2.24) is 4.98 Å². The highest BCUT2D eigenvalue weighted by Gasteiger charge is 2.20. The largest absolute Gasteiger partial charge is 0.325 e. The maximum Gasteiger partial charge on any atom is 0.229 e. The van der Waals surface area contributed by atoms with Crippen molar-refractivity contribution in [3.63, 3.8) is 0 Å². The zero-order valence-corrected chi connectivity index (χ0v) is 9.37. The summed E-state index contributed by atoms with van der Waals surface area (Å²) in [6.45, 7) is 6.01. The second-order valence-electron chi connectivity index (χ2n) is 4.45. The van der Waals surface area contributed by atoms with E-state index >= 15 is 0 Å². The maximum absolute atomic E-state index is 11.6. The lowest BCUT2D eigenvalue weighted by atomic mass is 9.95. The molecule has 0 aliphatic rings. The van der Waals surface area contributed by atoms with Crippen molar-refractivity contribution in [2.75, 3.05) is 5.32 Å². The normalized spacial score (nSPS) is 11.2. The Morgan fingerprint density at radius 3 is 2.53 bits per heavy atom. The number of nitrogens with zero attached hydrogens (tertiary/aromatic N) is 1. The lowest BCUT2D eigenvalue weighted by molar-refractivity contribution is -0.123. The van der Waals surface area contributed by atoms with Crippen LogP contribution in [0.1, 0.15) is 26.5 Å². The van der Waals surface area contributed by atoms with Crippen LogP contribution in [-0.2, 0) is 11.3 Å². The van der Waals surface area contributed by atoms with Crippen molar-refractivity contribution in [3.05, 3.63) is 24.0 Å². The number of aromatic nitrogens is 1. The first-order chi connectivity index (χ1) is 6.93. The van der Waals surface area contributed by atoms with Crippen molar-refractivity contribution in [1.29, 1.82) is 0 Å². The van der Waals surface area contributed by atoms with E-state index in [2.05, 4.69) is 10.3 Å². The van der Waals surface area contributed by atoms with Gasteiger partial charge in [-0.25, -0.2) is 0 Å². The SMILES string of the molecule is CC(C)(C)C(=O)Nc1ccc(CN)nc1. The fraction of sp³-hybridized carbons (Fsp3) is 0.455. The number of carbonyl (C=O) groups excluding carboxylic acids is 1. The van der Waals surface area contributed by atoms with Gasteiger partial charge in [0.15, 0.2) is 0 Å². The van der Waals surface area contributed by atoms with E-state index in [0.29, 0.717) is 12.2 Å². The Morgan fingerprint density at radius 2 is 2.13 bits per heavy atom. The van der Waals surface area contributed by atoms with Gasteiger partial charge in [0.2, 0.25) is 5.91 Å². The van der Waals surface area contributed by atoms with E-state index in [9.17, 15) is 4.79 Å². The molecule has 0 aliphatic heterocycles. The molecule has 1 aromatic heterocycles. The molecule has 4 nitrogen and oxygen atoms in total. The number of anilines is 1. The molecule has 4 heteroatoms. The molecule has 3 N–H and O–H groups in total. The predicted octanol–water partition coefficient (Wildman–Crippen LogP) is 1.52. The fourth-order valence-corrected chi connectivity index (χ4v) is 0.938. The molecular weight excluding hydrogens is 190 g/mol. The van der Waals surface area contributed by atoms with Crippen LogP contribution in [0.3, 0.4) is 0 Å². The minimum atomic E-state index is -0.396.